The van der Waals surface area contributed by atoms with Gasteiger partial charge in [-0.15, -0.1) is 11.3 Å². The number of rotatable bonds is 5. The predicted octanol–water partition coefficient (Wildman–Crippen LogP) is 1.34. The van der Waals surface area contributed by atoms with Gasteiger partial charge in [-0.05, 0) is 25.0 Å². The molecule has 3 heterocycles. The minimum absolute atomic E-state index is 0.144. The van der Waals surface area contributed by atoms with Gasteiger partial charge in [-0.2, -0.15) is 0 Å². The number of aryl methyl sites for hydroxylation is 2. The van der Waals surface area contributed by atoms with Gasteiger partial charge in [0.2, 0.25) is 0 Å². The largest absolute Gasteiger partial charge is 0.539 e. The van der Waals surface area contributed by atoms with Crippen molar-refractivity contribution in [3.63, 3.8) is 0 Å². The fourth-order valence-electron chi connectivity index (χ4n) is 2.36. The van der Waals surface area contributed by atoms with Crippen molar-refractivity contribution >= 4 is 33.0 Å². The SMILES string of the molecule is CCCCc1ccc2c(N)c(C(=O)c3c([O-])on[n+]3C)sc2n1. The molecule has 23 heavy (non-hydrogen) atoms. The number of hydrogen-bond acceptors (Lipinski definition) is 7. The van der Waals surface area contributed by atoms with E-state index in [1.54, 1.807) is 0 Å². The van der Waals surface area contributed by atoms with Crippen LogP contribution in [0, 0.1) is 0 Å². The molecule has 0 spiro atoms. The van der Waals surface area contributed by atoms with E-state index in [4.69, 9.17) is 5.73 Å². The van der Waals surface area contributed by atoms with Crippen LogP contribution >= 0.6 is 11.3 Å². The number of carbonyl (C=O) groups excluding carboxylic acids is 1. The van der Waals surface area contributed by atoms with Gasteiger partial charge in [0.15, 0.2) is 13.0 Å². The van der Waals surface area contributed by atoms with Gasteiger partial charge in [0, 0.05) is 11.1 Å². The maximum absolute atomic E-state index is 12.6. The number of pyridine rings is 1. The van der Waals surface area contributed by atoms with Gasteiger partial charge in [-0.1, -0.05) is 18.0 Å². The van der Waals surface area contributed by atoms with Crippen LogP contribution in [0.25, 0.3) is 10.2 Å². The highest BCUT2D eigenvalue weighted by Crippen LogP contribution is 2.34. The Morgan fingerprint density at radius 3 is 2.91 bits per heavy atom. The summed E-state index contributed by atoms with van der Waals surface area (Å²) < 4.78 is 5.62. The van der Waals surface area contributed by atoms with Crippen molar-refractivity contribution in [2.45, 2.75) is 26.2 Å². The summed E-state index contributed by atoms with van der Waals surface area (Å²) in [5, 5.41) is 15.8. The zero-order valence-electron chi connectivity index (χ0n) is 12.8. The van der Waals surface area contributed by atoms with Crippen LogP contribution < -0.4 is 15.5 Å². The van der Waals surface area contributed by atoms with Crippen molar-refractivity contribution < 1.29 is 19.1 Å². The third-order valence-electron chi connectivity index (χ3n) is 3.62. The lowest BCUT2D eigenvalue weighted by molar-refractivity contribution is -0.741. The van der Waals surface area contributed by atoms with Crippen molar-refractivity contribution in [3.8, 4) is 5.95 Å². The van der Waals surface area contributed by atoms with E-state index in [9.17, 15) is 9.90 Å². The maximum atomic E-state index is 12.6. The summed E-state index contributed by atoms with van der Waals surface area (Å²) >= 11 is 1.19. The fraction of sp³-hybridized carbons (Fsp3) is 0.333. The summed E-state index contributed by atoms with van der Waals surface area (Å²) in [6.45, 7) is 2.12. The molecule has 0 atom stereocenters. The zero-order chi connectivity index (χ0) is 16.6. The smallest absolute Gasteiger partial charge is 0.305 e. The summed E-state index contributed by atoms with van der Waals surface area (Å²) in [4.78, 5) is 18.1. The van der Waals surface area contributed by atoms with Crippen LogP contribution in [0.15, 0.2) is 16.7 Å². The lowest BCUT2D eigenvalue weighted by Crippen LogP contribution is -2.37. The number of fused-ring (bicyclic) bond motifs is 1. The standard InChI is InChI=1S/C15H16N4O3S/c1-3-4-5-8-6-7-9-10(16)13(23-14(9)17-8)12(20)11-15(21)22-18-19(11)2/h6-7H,3-5H2,1-2H3,(H2-,16,18,20,21). The molecule has 0 aliphatic heterocycles. The van der Waals surface area contributed by atoms with Gasteiger partial charge >= 0.3 is 5.69 Å². The molecule has 120 valence electrons. The molecule has 0 amide bonds. The Hall–Kier alpha value is -2.48. The molecular formula is C15H16N4O3S. The second-order valence-corrected chi connectivity index (χ2v) is 6.26. The van der Waals surface area contributed by atoms with Crippen LogP contribution in [0.5, 0.6) is 5.95 Å². The molecule has 3 rings (SSSR count). The molecule has 0 fully saturated rings. The first-order chi connectivity index (χ1) is 11.0. The van der Waals surface area contributed by atoms with Crippen LogP contribution in [0.4, 0.5) is 5.69 Å². The fourth-order valence-corrected chi connectivity index (χ4v) is 3.42. The number of nitrogens with zero attached hydrogens (tertiary/aromatic N) is 3. The lowest BCUT2D eigenvalue weighted by Gasteiger charge is -1.99. The van der Waals surface area contributed by atoms with E-state index in [2.05, 4.69) is 21.7 Å². The molecule has 3 aromatic heterocycles. The summed E-state index contributed by atoms with van der Waals surface area (Å²) in [5.41, 5.74) is 7.25. The third kappa shape index (κ3) is 2.65. The number of ketones is 1. The van der Waals surface area contributed by atoms with Gasteiger partial charge in [0.1, 0.15) is 9.71 Å². The quantitative estimate of drug-likeness (QED) is 0.558. The van der Waals surface area contributed by atoms with Crippen LogP contribution in [0.2, 0.25) is 0 Å². The Balaban J connectivity index is 2.04. The van der Waals surface area contributed by atoms with E-state index in [-0.39, 0.29) is 10.6 Å². The average molecular weight is 332 g/mol. The molecule has 2 N–H and O–H groups in total. The van der Waals surface area contributed by atoms with E-state index in [0.29, 0.717) is 10.5 Å². The van der Waals surface area contributed by atoms with Gasteiger partial charge in [0.05, 0.1) is 11.0 Å². The third-order valence-corrected chi connectivity index (χ3v) is 4.74. The summed E-state index contributed by atoms with van der Waals surface area (Å²) in [6, 6.07) is 3.80. The normalized spacial score (nSPS) is 11.2. The van der Waals surface area contributed by atoms with Gasteiger partial charge < -0.3 is 15.4 Å². The minimum Gasteiger partial charge on any atom is -0.539 e. The highest BCUT2D eigenvalue weighted by atomic mass is 32.1. The van der Waals surface area contributed by atoms with E-state index in [1.807, 2.05) is 12.1 Å². The second-order valence-electron chi connectivity index (χ2n) is 5.27. The summed E-state index contributed by atoms with van der Waals surface area (Å²) in [5.74, 6) is -1.26. The molecule has 8 heteroatoms. The molecule has 0 aliphatic carbocycles. The lowest BCUT2D eigenvalue weighted by atomic mass is 10.1. The van der Waals surface area contributed by atoms with Crippen molar-refractivity contribution in [1.82, 2.24) is 10.3 Å². The van der Waals surface area contributed by atoms with E-state index >= 15 is 0 Å². The van der Waals surface area contributed by atoms with Crippen LogP contribution in [0.3, 0.4) is 0 Å². The molecule has 0 saturated heterocycles. The number of carbonyl (C=O) groups is 1. The molecule has 7 nitrogen and oxygen atoms in total. The number of unbranched alkanes of at least 4 members (excludes halogenated alkanes) is 1. The topological polar surface area (TPSA) is 109 Å². The number of anilines is 1. The highest BCUT2D eigenvalue weighted by Gasteiger charge is 2.28. The molecule has 0 unspecified atom stereocenters. The van der Waals surface area contributed by atoms with Crippen molar-refractivity contribution in [2.24, 2.45) is 7.05 Å². The predicted molar refractivity (Wildman–Crippen MR) is 83.2 cm³/mol. The average Bonchev–Trinajstić information content (AvgIpc) is 3.04. The Kier molecular flexibility index (Phi) is 3.99. The molecule has 0 aromatic carbocycles. The molecule has 0 saturated carbocycles. The summed E-state index contributed by atoms with van der Waals surface area (Å²) in [6.07, 6.45) is 3.03. The Bertz CT molecular complexity index is 865. The van der Waals surface area contributed by atoms with Gasteiger partial charge in [-0.25, -0.2) is 4.98 Å². The molecule has 3 aromatic rings. The first kappa shape index (κ1) is 15.4. The van der Waals surface area contributed by atoms with Crippen molar-refractivity contribution in [3.05, 3.63) is 28.4 Å². The monoisotopic (exact) mass is 332 g/mol. The Morgan fingerprint density at radius 1 is 1.48 bits per heavy atom. The zero-order valence-corrected chi connectivity index (χ0v) is 13.6. The molecular weight excluding hydrogens is 316 g/mol. The molecule has 0 radical (unpaired) electrons. The van der Waals surface area contributed by atoms with Gasteiger partial charge in [-0.3, -0.25) is 4.79 Å². The highest BCUT2D eigenvalue weighted by molar-refractivity contribution is 7.21. The van der Waals surface area contributed by atoms with Crippen LogP contribution in [-0.2, 0) is 13.5 Å². The Labute approximate surface area is 136 Å². The number of nitrogens with two attached hydrogens (primary N) is 1. The van der Waals surface area contributed by atoms with E-state index in [0.717, 1.165) is 35.0 Å². The number of thiophene rings is 1. The van der Waals surface area contributed by atoms with Crippen LogP contribution in [-0.4, -0.2) is 16.0 Å². The number of hydrogen-bond donors (Lipinski definition) is 1. The first-order valence-corrected chi connectivity index (χ1v) is 8.10. The maximum Gasteiger partial charge on any atom is 0.305 e. The molecule has 0 aliphatic rings. The summed E-state index contributed by atoms with van der Waals surface area (Å²) in [7, 11) is 1.47. The number of aromatic nitrogens is 3. The first-order valence-electron chi connectivity index (χ1n) is 7.28. The molecule has 0 bridgehead atoms. The van der Waals surface area contributed by atoms with E-state index in [1.165, 1.54) is 18.4 Å². The van der Waals surface area contributed by atoms with E-state index < -0.39 is 11.7 Å². The minimum atomic E-state index is -0.772. The second kappa shape index (κ2) is 5.96. The Morgan fingerprint density at radius 2 is 2.26 bits per heavy atom. The van der Waals surface area contributed by atoms with Gasteiger partial charge in [0.25, 0.3) is 5.78 Å². The van der Waals surface area contributed by atoms with Crippen molar-refractivity contribution in [1.29, 1.82) is 0 Å². The number of nitrogen functional groups attached to an aromatic ring is 1. The van der Waals surface area contributed by atoms with Crippen molar-refractivity contribution in [2.75, 3.05) is 5.73 Å². The van der Waals surface area contributed by atoms with Crippen LogP contribution in [0.1, 0.15) is 40.8 Å².